The summed E-state index contributed by atoms with van der Waals surface area (Å²) in [6.45, 7) is -0.140. The molecule has 0 aliphatic carbocycles. The number of halogens is 1. The topological polar surface area (TPSA) is 125 Å². The van der Waals surface area contributed by atoms with E-state index in [-0.39, 0.29) is 29.9 Å². The summed E-state index contributed by atoms with van der Waals surface area (Å²) in [6.07, 6.45) is 0. The standard InChI is InChI=1S/C22H21FN8O2S/c1-30(2)21-26-17(25-20(24)27-21)12-33-18(32)13-34-22-29-28-19(14-8-10-15(23)11-9-14)31(22)16-6-4-3-5-7-16/h3-11H,12-13H2,1-2H3,(H2,24,25,26,27). The molecule has 2 N–H and O–H groups in total. The van der Waals surface area contributed by atoms with Crippen LogP contribution in [0.1, 0.15) is 5.82 Å². The van der Waals surface area contributed by atoms with Gasteiger partial charge >= 0.3 is 5.97 Å². The molecule has 4 rings (SSSR count). The molecule has 0 saturated carbocycles. The molecule has 4 aromatic rings. The van der Waals surface area contributed by atoms with Crippen LogP contribution in [-0.4, -0.2) is 55.5 Å². The van der Waals surface area contributed by atoms with Crippen molar-refractivity contribution >= 4 is 29.6 Å². The lowest BCUT2D eigenvalue weighted by atomic mass is 10.2. The quantitative estimate of drug-likeness (QED) is 0.297. The van der Waals surface area contributed by atoms with Crippen LogP contribution in [0.4, 0.5) is 16.3 Å². The summed E-state index contributed by atoms with van der Waals surface area (Å²) >= 11 is 1.17. The van der Waals surface area contributed by atoms with Crippen molar-refractivity contribution in [1.82, 2.24) is 29.7 Å². The van der Waals surface area contributed by atoms with Gasteiger partial charge in [-0.05, 0) is 36.4 Å². The molecule has 12 heteroatoms. The Morgan fingerprint density at radius 1 is 1.06 bits per heavy atom. The molecule has 0 fully saturated rings. The fourth-order valence-electron chi connectivity index (χ4n) is 2.96. The zero-order chi connectivity index (χ0) is 24.1. The van der Waals surface area contributed by atoms with Crippen LogP contribution in [0.2, 0.25) is 0 Å². The first-order valence-electron chi connectivity index (χ1n) is 10.1. The number of para-hydroxylation sites is 1. The van der Waals surface area contributed by atoms with E-state index in [1.807, 2.05) is 30.3 Å². The average molecular weight is 481 g/mol. The second kappa shape index (κ2) is 10.3. The number of thioether (sulfide) groups is 1. The smallest absolute Gasteiger partial charge is 0.316 e. The molecule has 0 amide bonds. The number of benzene rings is 2. The number of nitrogens with two attached hydrogens (primary N) is 1. The third kappa shape index (κ3) is 5.46. The Labute approximate surface area is 199 Å². The predicted octanol–water partition coefficient (Wildman–Crippen LogP) is 2.74. The highest BCUT2D eigenvalue weighted by atomic mass is 32.2. The molecule has 2 heterocycles. The van der Waals surface area contributed by atoms with E-state index in [9.17, 15) is 9.18 Å². The molecule has 34 heavy (non-hydrogen) atoms. The highest BCUT2D eigenvalue weighted by molar-refractivity contribution is 7.99. The second-order valence-corrected chi connectivity index (χ2v) is 8.18. The molecule has 0 spiro atoms. The minimum absolute atomic E-state index is 0.0184. The normalized spacial score (nSPS) is 10.8. The molecule has 10 nitrogen and oxygen atoms in total. The minimum Gasteiger partial charge on any atom is -0.457 e. The monoisotopic (exact) mass is 480 g/mol. The molecule has 174 valence electrons. The van der Waals surface area contributed by atoms with Crippen LogP contribution < -0.4 is 10.6 Å². The van der Waals surface area contributed by atoms with Gasteiger partial charge in [0.2, 0.25) is 11.9 Å². The van der Waals surface area contributed by atoms with Crippen LogP contribution >= 0.6 is 11.8 Å². The number of ether oxygens (including phenoxy) is 1. The van der Waals surface area contributed by atoms with E-state index < -0.39 is 5.97 Å². The molecule has 2 aromatic carbocycles. The number of hydrogen-bond donors (Lipinski definition) is 1. The van der Waals surface area contributed by atoms with Crippen LogP contribution in [-0.2, 0) is 16.1 Å². The number of anilines is 2. The summed E-state index contributed by atoms with van der Waals surface area (Å²) < 4.78 is 20.5. The number of carbonyl (C=O) groups excluding carboxylic acids is 1. The Kier molecular flexibility index (Phi) is 6.97. The third-order valence-corrected chi connectivity index (χ3v) is 5.42. The number of hydrogen-bond acceptors (Lipinski definition) is 10. The van der Waals surface area contributed by atoms with Crippen LogP contribution in [0.25, 0.3) is 17.1 Å². The Bertz CT molecular complexity index is 1280. The second-order valence-electron chi connectivity index (χ2n) is 7.24. The van der Waals surface area contributed by atoms with E-state index in [2.05, 4.69) is 25.1 Å². The molecule has 0 unspecified atom stereocenters. The zero-order valence-electron chi connectivity index (χ0n) is 18.4. The van der Waals surface area contributed by atoms with Crippen LogP contribution in [0.5, 0.6) is 0 Å². The molecule has 0 aliphatic rings. The SMILES string of the molecule is CN(C)c1nc(N)nc(COC(=O)CSc2nnc(-c3ccc(F)cc3)n2-c2ccccc2)n1. The molecule has 0 atom stereocenters. The summed E-state index contributed by atoms with van der Waals surface area (Å²) in [6, 6.07) is 15.4. The van der Waals surface area contributed by atoms with Crippen LogP contribution in [0, 0.1) is 5.82 Å². The highest BCUT2D eigenvalue weighted by Gasteiger charge is 2.18. The van der Waals surface area contributed by atoms with Crippen molar-refractivity contribution in [3.8, 4) is 17.1 Å². The van der Waals surface area contributed by atoms with E-state index in [0.29, 0.717) is 22.5 Å². The largest absolute Gasteiger partial charge is 0.457 e. The van der Waals surface area contributed by atoms with Crippen LogP contribution in [0.15, 0.2) is 59.8 Å². The predicted molar refractivity (Wildman–Crippen MR) is 126 cm³/mol. The van der Waals surface area contributed by atoms with Gasteiger partial charge in [-0.25, -0.2) is 4.39 Å². The molecule has 0 saturated heterocycles. The summed E-state index contributed by atoms with van der Waals surface area (Å²) in [5.74, 6) is 0.348. The Hall–Kier alpha value is -4.06. The maximum Gasteiger partial charge on any atom is 0.316 e. The number of esters is 1. The van der Waals surface area contributed by atoms with Crippen LogP contribution in [0.3, 0.4) is 0 Å². The molecule has 0 aliphatic heterocycles. The maximum atomic E-state index is 13.4. The number of nitrogen functional groups attached to an aromatic ring is 1. The summed E-state index contributed by atoms with van der Waals surface area (Å²) in [7, 11) is 3.54. The molecular formula is C22H21FN8O2S. The van der Waals surface area contributed by atoms with Gasteiger partial charge in [-0.1, -0.05) is 30.0 Å². The van der Waals surface area contributed by atoms with Crippen molar-refractivity contribution in [2.75, 3.05) is 30.5 Å². The molecular weight excluding hydrogens is 459 g/mol. The number of carbonyl (C=O) groups is 1. The fraction of sp³-hybridized carbons (Fsp3) is 0.182. The van der Waals surface area contributed by atoms with E-state index in [0.717, 1.165) is 5.69 Å². The summed E-state index contributed by atoms with van der Waals surface area (Å²) in [5, 5.41) is 9.00. The summed E-state index contributed by atoms with van der Waals surface area (Å²) in [4.78, 5) is 26.3. The van der Waals surface area contributed by atoms with Gasteiger partial charge in [0.1, 0.15) is 5.82 Å². The summed E-state index contributed by atoms with van der Waals surface area (Å²) in [5.41, 5.74) is 7.19. The average Bonchev–Trinajstić information content (AvgIpc) is 3.26. The molecule has 0 bridgehead atoms. The first-order chi connectivity index (χ1) is 16.4. The van der Waals surface area contributed by atoms with Gasteiger partial charge in [0.05, 0.1) is 5.75 Å². The Balaban J connectivity index is 1.49. The van der Waals surface area contributed by atoms with Gasteiger partial charge in [0.25, 0.3) is 0 Å². The number of nitrogens with zero attached hydrogens (tertiary/aromatic N) is 7. The minimum atomic E-state index is -0.485. The van der Waals surface area contributed by atoms with Crippen molar-refractivity contribution in [2.45, 2.75) is 11.8 Å². The number of rotatable bonds is 8. The number of aromatic nitrogens is 6. The molecule has 0 radical (unpaired) electrons. The van der Waals surface area contributed by atoms with Gasteiger partial charge < -0.3 is 15.4 Å². The lowest BCUT2D eigenvalue weighted by Crippen LogP contribution is -2.17. The third-order valence-electron chi connectivity index (χ3n) is 4.52. The van der Waals surface area contributed by atoms with Gasteiger partial charge in [-0.2, -0.15) is 15.0 Å². The van der Waals surface area contributed by atoms with E-state index >= 15 is 0 Å². The maximum absolute atomic E-state index is 13.4. The van der Waals surface area contributed by atoms with E-state index in [1.54, 1.807) is 35.7 Å². The van der Waals surface area contributed by atoms with Crippen molar-refractivity contribution in [3.63, 3.8) is 0 Å². The highest BCUT2D eigenvalue weighted by Crippen LogP contribution is 2.28. The van der Waals surface area contributed by atoms with Gasteiger partial charge in [-0.15, -0.1) is 10.2 Å². The van der Waals surface area contributed by atoms with Crippen molar-refractivity contribution in [2.24, 2.45) is 0 Å². The molecule has 2 aromatic heterocycles. The van der Waals surface area contributed by atoms with E-state index in [4.69, 9.17) is 10.5 Å². The van der Waals surface area contributed by atoms with Crippen molar-refractivity contribution in [3.05, 3.63) is 66.2 Å². The van der Waals surface area contributed by atoms with E-state index in [1.165, 1.54) is 23.9 Å². The lowest BCUT2D eigenvalue weighted by molar-refractivity contribution is -0.141. The van der Waals surface area contributed by atoms with Gasteiger partial charge in [0.15, 0.2) is 23.4 Å². The van der Waals surface area contributed by atoms with Gasteiger partial charge in [-0.3, -0.25) is 9.36 Å². The first kappa shape index (κ1) is 23.1. The van der Waals surface area contributed by atoms with Crippen molar-refractivity contribution < 1.29 is 13.9 Å². The van der Waals surface area contributed by atoms with Crippen molar-refractivity contribution in [1.29, 1.82) is 0 Å². The zero-order valence-corrected chi connectivity index (χ0v) is 19.2. The van der Waals surface area contributed by atoms with Gasteiger partial charge in [0, 0.05) is 25.3 Å². The first-order valence-corrected chi connectivity index (χ1v) is 11.1. The lowest BCUT2D eigenvalue weighted by Gasteiger charge is -2.12. The Morgan fingerprint density at radius 2 is 1.79 bits per heavy atom. The Morgan fingerprint density at radius 3 is 2.50 bits per heavy atom. The fourth-order valence-corrected chi connectivity index (χ4v) is 3.71.